The van der Waals surface area contributed by atoms with Crippen LogP contribution in [-0.4, -0.2) is 30.3 Å². The second-order valence-corrected chi connectivity index (χ2v) is 5.34. The molecule has 1 aliphatic heterocycles. The average molecular weight is 264 g/mol. The van der Waals surface area contributed by atoms with Gasteiger partial charge < -0.3 is 14.8 Å². The van der Waals surface area contributed by atoms with Crippen molar-refractivity contribution in [1.82, 2.24) is 4.98 Å². The quantitative estimate of drug-likeness (QED) is 0.887. The molecule has 1 fully saturated rings. The third kappa shape index (κ3) is 4.10. The zero-order valence-electron chi connectivity index (χ0n) is 12.1. The molecule has 4 nitrogen and oxygen atoms in total. The number of ether oxygens (including phenoxy) is 2. The number of nitrogens with one attached hydrogen (secondary N) is 1. The van der Waals surface area contributed by atoms with E-state index in [2.05, 4.69) is 24.1 Å². The van der Waals surface area contributed by atoms with Gasteiger partial charge in [-0.3, -0.25) is 0 Å². The van der Waals surface area contributed by atoms with Gasteiger partial charge in [-0.1, -0.05) is 13.8 Å². The summed E-state index contributed by atoms with van der Waals surface area (Å²) in [7, 11) is 0. The average Bonchev–Trinajstić information content (AvgIpc) is 2.42. The summed E-state index contributed by atoms with van der Waals surface area (Å²) >= 11 is 0. The molecule has 2 atom stereocenters. The van der Waals surface area contributed by atoms with E-state index in [1.807, 2.05) is 25.3 Å². The SMILES string of the molecule is CCOc1ccc(NC2CCOC(C(C)C)C2)cn1. The molecule has 1 aromatic rings. The van der Waals surface area contributed by atoms with Crippen molar-refractivity contribution >= 4 is 5.69 Å². The molecule has 0 aromatic carbocycles. The van der Waals surface area contributed by atoms with Gasteiger partial charge in [0.1, 0.15) is 0 Å². The topological polar surface area (TPSA) is 43.4 Å². The molecule has 106 valence electrons. The lowest BCUT2D eigenvalue weighted by atomic mass is 9.95. The van der Waals surface area contributed by atoms with Gasteiger partial charge in [-0.15, -0.1) is 0 Å². The van der Waals surface area contributed by atoms with Crippen LogP contribution in [0.1, 0.15) is 33.6 Å². The number of nitrogens with zero attached hydrogens (tertiary/aromatic N) is 1. The Labute approximate surface area is 115 Å². The van der Waals surface area contributed by atoms with Crippen LogP contribution in [-0.2, 0) is 4.74 Å². The first-order chi connectivity index (χ1) is 9.19. The van der Waals surface area contributed by atoms with E-state index in [0.717, 1.165) is 25.1 Å². The molecule has 19 heavy (non-hydrogen) atoms. The van der Waals surface area contributed by atoms with Crippen LogP contribution in [0.4, 0.5) is 5.69 Å². The van der Waals surface area contributed by atoms with Gasteiger partial charge in [-0.05, 0) is 31.7 Å². The van der Waals surface area contributed by atoms with Gasteiger partial charge in [-0.2, -0.15) is 0 Å². The fourth-order valence-electron chi connectivity index (χ4n) is 2.36. The van der Waals surface area contributed by atoms with E-state index in [1.165, 1.54) is 0 Å². The van der Waals surface area contributed by atoms with Gasteiger partial charge in [0.15, 0.2) is 0 Å². The Bertz CT molecular complexity index is 378. The highest BCUT2D eigenvalue weighted by Crippen LogP contribution is 2.23. The minimum Gasteiger partial charge on any atom is -0.478 e. The summed E-state index contributed by atoms with van der Waals surface area (Å²) in [6, 6.07) is 4.41. The molecule has 1 saturated heterocycles. The van der Waals surface area contributed by atoms with Crippen LogP contribution in [0.15, 0.2) is 18.3 Å². The summed E-state index contributed by atoms with van der Waals surface area (Å²) in [4.78, 5) is 4.27. The Hall–Kier alpha value is -1.29. The van der Waals surface area contributed by atoms with Crippen molar-refractivity contribution in [3.63, 3.8) is 0 Å². The second-order valence-electron chi connectivity index (χ2n) is 5.34. The normalized spacial score (nSPS) is 23.4. The largest absolute Gasteiger partial charge is 0.478 e. The lowest BCUT2D eigenvalue weighted by Crippen LogP contribution is -2.36. The third-order valence-corrected chi connectivity index (χ3v) is 3.46. The van der Waals surface area contributed by atoms with Gasteiger partial charge >= 0.3 is 0 Å². The first-order valence-electron chi connectivity index (χ1n) is 7.16. The number of anilines is 1. The minimum atomic E-state index is 0.363. The third-order valence-electron chi connectivity index (χ3n) is 3.46. The van der Waals surface area contributed by atoms with Crippen LogP contribution in [0, 0.1) is 5.92 Å². The van der Waals surface area contributed by atoms with Gasteiger partial charge in [0.25, 0.3) is 0 Å². The molecule has 0 aliphatic carbocycles. The van der Waals surface area contributed by atoms with Crippen molar-refractivity contribution in [2.75, 3.05) is 18.5 Å². The van der Waals surface area contributed by atoms with Gasteiger partial charge in [0.05, 0.1) is 24.6 Å². The van der Waals surface area contributed by atoms with Crippen LogP contribution in [0.5, 0.6) is 5.88 Å². The fraction of sp³-hybridized carbons (Fsp3) is 0.667. The highest BCUT2D eigenvalue weighted by molar-refractivity contribution is 5.43. The Morgan fingerprint density at radius 3 is 2.95 bits per heavy atom. The Morgan fingerprint density at radius 1 is 1.47 bits per heavy atom. The van der Waals surface area contributed by atoms with Crippen LogP contribution < -0.4 is 10.1 Å². The number of rotatable bonds is 5. The fourth-order valence-corrected chi connectivity index (χ4v) is 2.36. The highest BCUT2D eigenvalue weighted by atomic mass is 16.5. The van der Waals surface area contributed by atoms with Crippen LogP contribution in [0.2, 0.25) is 0 Å². The van der Waals surface area contributed by atoms with Crippen LogP contribution in [0.3, 0.4) is 0 Å². The smallest absolute Gasteiger partial charge is 0.213 e. The Morgan fingerprint density at radius 2 is 2.32 bits per heavy atom. The van der Waals surface area contributed by atoms with Crippen molar-refractivity contribution in [3.8, 4) is 5.88 Å². The van der Waals surface area contributed by atoms with Gasteiger partial charge in [-0.25, -0.2) is 4.98 Å². The van der Waals surface area contributed by atoms with E-state index in [4.69, 9.17) is 9.47 Å². The van der Waals surface area contributed by atoms with Crippen molar-refractivity contribution in [2.24, 2.45) is 5.92 Å². The highest BCUT2D eigenvalue weighted by Gasteiger charge is 2.24. The summed E-state index contributed by atoms with van der Waals surface area (Å²) in [5.74, 6) is 1.25. The summed E-state index contributed by atoms with van der Waals surface area (Å²) in [5, 5.41) is 3.54. The molecule has 0 saturated carbocycles. The lowest BCUT2D eigenvalue weighted by molar-refractivity contribution is -0.0160. The van der Waals surface area contributed by atoms with Crippen molar-refractivity contribution in [1.29, 1.82) is 0 Å². The molecule has 1 aromatic heterocycles. The number of hydrogen-bond acceptors (Lipinski definition) is 4. The number of pyridine rings is 1. The first kappa shape index (κ1) is 14.1. The monoisotopic (exact) mass is 264 g/mol. The molecule has 1 aliphatic rings. The molecule has 0 spiro atoms. The van der Waals surface area contributed by atoms with E-state index < -0.39 is 0 Å². The van der Waals surface area contributed by atoms with Crippen molar-refractivity contribution < 1.29 is 9.47 Å². The maximum atomic E-state index is 5.78. The van der Waals surface area contributed by atoms with Gasteiger partial charge in [0.2, 0.25) is 5.88 Å². The van der Waals surface area contributed by atoms with Crippen molar-refractivity contribution in [2.45, 2.75) is 45.8 Å². The predicted octanol–water partition coefficient (Wildman–Crippen LogP) is 3.10. The number of hydrogen-bond donors (Lipinski definition) is 1. The molecule has 0 amide bonds. The molecule has 0 radical (unpaired) electrons. The zero-order chi connectivity index (χ0) is 13.7. The maximum absolute atomic E-state index is 5.78. The maximum Gasteiger partial charge on any atom is 0.213 e. The molecule has 4 heteroatoms. The lowest BCUT2D eigenvalue weighted by Gasteiger charge is -2.32. The van der Waals surface area contributed by atoms with Crippen LogP contribution in [0.25, 0.3) is 0 Å². The summed E-state index contributed by atoms with van der Waals surface area (Å²) in [5.41, 5.74) is 1.05. The second kappa shape index (κ2) is 6.75. The van der Waals surface area contributed by atoms with Gasteiger partial charge in [0, 0.05) is 18.7 Å². The Kier molecular flexibility index (Phi) is 5.02. The van der Waals surface area contributed by atoms with E-state index in [-0.39, 0.29) is 0 Å². The molecule has 2 unspecified atom stereocenters. The molecular formula is C15H24N2O2. The zero-order valence-corrected chi connectivity index (χ0v) is 12.1. The summed E-state index contributed by atoms with van der Waals surface area (Å²) < 4.78 is 11.1. The summed E-state index contributed by atoms with van der Waals surface area (Å²) in [6.07, 6.45) is 4.31. The summed E-state index contributed by atoms with van der Waals surface area (Å²) in [6.45, 7) is 7.87. The van der Waals surface area contributed by atoms with E-state index in [0.29, 0.717) is 30.6 Å². The predicted molar refractivity (Wildman–Crippen MR) is 76.6 cm³/mol. The number of aromatic nitrogens is 1. The van der Waals surface area contributed by atoms with E-state index >= 15 is 0 Å². The molecule has 0 bridgehead atoms. The first-order valence-corrected chi connectivity index (χ1v) is 7.16. The van der Waals surface area contributed by atoms with E-state index in [9.17, 15) is 0 Å². The molecule has 2 rings (SSSR count). The molecular weight excluding hydrogens is 240 g/mol. The van der Waals surface area contributed by atoms with Crippen molar-refractivity contribution in [3.05, 3.63) is 18.3 Å². The molecule has 2 heterocycles. The minimum absolute atomic E-state index is 0.363. The van der Waals surface area contributed by atoms with Crippen LogP contribution >= 0.6 is 0 Å². The molecule has 1 N–H and O–H groups in total. The Balaban J connectivity index is 1.89. The van der Waals surface area contributed by atoms with E-state index in [1.54, 1.807) is 0 Å². The standard InChI is InChI=1S/C15H24N2O2/c1-4-18-15-6-5-13(10-16-15)17-12-7-8-19-14(9-12)11(2)3/h5-6,10-12,14,17H,4,7-9H2,1-3H3.